The Bertz CT molecular complexity index is 790. The third-order valence-electron chi connectivity index (χ3n) is 4.26. The van der Waals surface area contributed by atoms with Crippen LogP contribution in [0.1, 0.15) is 18.1 Å². The van der Waals surface area contributed by atoms with Crippen molar-refractivity contribution < 1.29 is 18.7 Å². The largest absolute Gasteiger partial charge is 0.497 e. The fraction of sp³-hybridized carbons (Fsp3) is 0.350. The Morgan fingerprint density at radius 2 is 2.00 bits per heavy atom. The van der Waals surface area contributed by atoms with Crippen LogP contribution in [0, 0.1) is 5.82 Å². The van der Waals surface area contributed by atoms with Crippen LogP contribution in [0.5, 0.6) is 11.5 Å². The molecule has 0 bridgehead atoms. The molecule has 27 heavy (non-hydrogen) atoms. The number of aldehydes is 1. The van der Waals surface area contributed by atoms with Gasteiger partial charge in [-0.2, -0.15) is 11.8 Å². The highest BCUT2D eigenvalue weighted by molar-refractivity contribution is 9.10. The number of hydrogen-bond donors (Lipinski definition) is 1. The SMILES string of the molecule is COc1ccc(CNC(C)(CSCC=O)c2cc(Br)ccc2F)c(OC)c1. The van der Waals surface area contributed by atoms with Gasteiger partial charge in [0.2, 0.25) is 0 Å². The van der Waals surface area contributed by atoms with E-state index in [0.717, 1.165) is 16.3 Å². The number of methoxy groups -OCH3 is 2. The third kappa shape index (κ3) is 5.70. The monoisotopic (exact) mass is 455 g/mol. The van der Waals surface area contributed by atoms with Crippen molar-refractivity contribution in [1.82, 2.24) is 5.32 Å². The third-order valence-corrected chi connectivity index (χ3v) is 5.91. The van der Waals surface area contributed by atoms with E-state index in [-0.39, 0.29) is 5.82 Å². The van der Waals surface area contributed by atoms with Gasteiger partial charge in [-0.3, -0.25) is 0 Å². The predicted octanol–water partition coefficient (Wildman–Crippen LogP) is 4.54. The second-order valence-electron chi connectivity index (χ2n) is 6.17. The van der Waals surface area contributed by atoms with E-state index in [0.29, 0.717) is 35.1 Å². The van der Waals surface area contributed by atoms with Crippen LogP contribution >= 0.6 is 27.7 Å². The Labute approximate surface area is 172 Å². The summed E-state index contributed by atoms with van der Waals surface area (Å²) in [6.07, 6.45) is 0.856. The van der Waals surface area contributed by atoms with Gasteiger partial charge < -0.3 is 19.6 Å². The molecular weight excluding hydrogens is 433 g/mol. The van der Waals surface area contributed by atoms with Crippen molar-refractivity contribution in [3.63, 3.8) is 0 Å². The molecule has 0 heterocycles. The van der Waals surface area contributed by atoms with Crippen LogP contribution in [-0.4, -0.2) is 32.0 Å². The number of ether oxygens (including phenoxy) is 2. The summed E-state index contributed by atoms with van der Waals surface area (Å²) in [6, 6.07) is 10.5. The fourth-order valence-electron chi connectivity index (χ4n) is 2.74. The summed E-state index contributed by atoms with van der Waals surface area (Å²) in [6.45, 7) is 2.41. The molecule has 0 amide bonds. The van der Waals surface area contributed by atoms with Crippen LogP contribution in [0.15, 0.2) is 40.9 Å². The van der Waals surface area contributed by atoms with Crippen LogP contribution < -0.4 is 14.8 Å². The van der Waals surface area contributed by atoms with Crippen molar-refractivity contribution in [3.05, 3.63) is 57.8 Å². The van der Waals surface area contributed by atoms with E-state index in [2.05, 4.69) is 21.2 Å². The zero-order valence-electron chi connectivity index (χ0n) is 15.6. The molecule has 1 atom stereocenters. The molecule has 2 aromatic carbocycles. The Morgan fingerprint density at radius 1 is 1.22 bits per heavy atom. The van der Waals surface area contributed by atoms with E-state index in [9.17, 15) is 9.18 Å². The standard InChI is InChI=1S/C20H23BrFNO3S/c1-20(13-27-9-8-24,17-10-15(21)5-7-18(17)22)23-12-14-4-6-16(25-2)11-19(14)26-3/h4-8,10-11,23H,9,12-13H2,1-3H3. The highest BCUT2D eigenvalue weighted by Gasteiger charge is 2.29. The first kappa shape index (κ1) is 21.7. The van der Waals surface area contributed by atoms with Crippen LogP contribution in [0.3, 0.4) is 0 Å². The zero-order valence-corrected chi connectivity index (χ0v) is 18.0. The number of benzene rings is 2. The van der Waals surface area contributed by atoms with Gasteiger partial charge in [0.1, 0.15) is 23.6 Å². The van der Waals surface area contributed by atoms with Crippen LogP contribution in [0.25, 0.3) is 0 Å². The molecular formula is C20H23BrFNO3S. The zero-order chi connectivity index (χ0) is 19.9. The molecule has 0 fully saturated rings. The number of thioether (sulfide) groups is 1. The summed E-state index contributed by atoms with van der Waals surface area (Å²) >= 11 is 4.87. The van der Waals surface area contributed by atoms with Crippen LogP contribution in [-0.2, 0) is 16.9 Å². The van der Waals surface area contributed by atoms with Gasteiger partial charge in [-0.25, -0.2) is 4.39 Å². The molecule has 1 unspecified atom stereocenters. The molecule has 0 aliphatic heterocycles. The molecule has 0 aromatic heterocycles. The molecule has 0 radical (unpaired) electrons. The second-order valence-corrected chi connectivity index (χ2v) is 8.12. The van der Waals surface area contributed by atoms with Crippen LogP contribution in [0.2, 0.25) is 0 Å². The molecule has 7 heteroatoms. The van der Waals surface area contributed by atoms with Gasteiger partial charge in [0.25, 0.3) is 0 Å². The Kier molecular flexibility index (Phi) is 8.13. The van der Waals surface area contributed by atoms with Crippen molar-refractivity contribution in [2.75, 3.05) is 25.7 Å². The normalized spacial score (nSPS) is 13.1. The summed E-state index contributed by atoms with van der Waals surface area (Å²) in [7, 11) is 3.20. The average molecular weight is 456 g/mol. The minimum atomic E-state index is -0.674. The molecule has 0 saturated carbocycles. The minimum Gasteiger partial charge on any atom is -0.497 e. The Balaban J connectivity index is 2.29. The van der Waals surface area contributed by atoms with E-state index < -0.39 is 5.54 Å². The van der Waals surface area contributed by atoms with Gasteiger partial charge >= 0.3 is 0 Å². The fourth-order valence-corrected chi connectivity index (χ4v) is 3.98. The maximum atomic E-state index is 14.6. The average Bonchev–Trinajstić information content (AvgIpc) is 2.68. The first-order valence-corrected chi connectivity index (χ1v) is 10.3. The lowest BCUT2D eigenvalue weighted by Gasteiger charge is -2.32. The number of rotatable bonds is 10. The van der Waals surface area contributed by atoms with Crippen molar-refractivity contribution in [3.8, 4) is 11.5 Å². The molecule has 0 aliphatic carbocycles. The van der Waals surface area contributed by atoms with E-state index in [4.69, 9.17) is 9.47 Å². The number of hydrogen-bond acceptors (Lipinski definition) is 5. The first-order valence-electron chi connectivity index (χ1n) is 8.36. The molecule has 0 saturated heterocycles. The van der Waals surface area contributed by atoms with E-state index in [1.165, 1.54) is 17.8 Å². The predicted molar refractivity (Wildman–Crippen MR) is 111 cm³/mol. The van der Waals surface area contributed by atoms with Crippen molar-refractivity contribution in [1.29, 1.82) is 0 Å². The summed E-state index contributed by atoms with van der Waals surface area (Å²) in [5.41, 5.74) is 0.801. The molecule has 0 aliphatic rings. The maximum absolute atomic E-state index is 14.6. The Hall–Kier alpha value is -1.57. The summed E-state index contributed by atoms with van der Waals surface area (Å²) < 4.78 is 26.0. The van der Waals surface area contributed by atoms with Crippen molar-refractivity contribution in [2.45, 2.75) is 19.0 Å². The van der Waals surface area contributed by atoms with Gasteiger partial charge in [-0.15, -0.1) is 0 Å². The highest BCUT2D eigenvalue weighted by atomic mass is 79.9. The van der Waals surface area contributed by atoms with Crippen molar-refractivity contribution >= 4 is 34.0 Å². The lowest BCUT2D eigenvalue weighted by atomic mass is 9.93. The Morgan fingerprint density at radius 3 is 2.67 bits per heavy atom. The van der Waals surface area contributed by atoms with Crippen LogP contribution in [0.4, 0.5) is 4.39 Å². The van der Waals surface area contributed by atoms with Gasteiger partial charge in [-0.05, 0) is 31.2 Å². The number of nitrogens with one attached hydrogen (secondary N) is 1. The summed E-state index contributed by atoms with van der Waals surface area (Å²) in [4.78, 5) is 10.7. The van der Waals surface area contributed by atoms with Gasteiger partial charge in [0, 0.05) is 39.7 Å². The van der Waals surface area contributed by atoms with Gasteiger partial charge in [0.15, 0.2) is 0 Å². The van der Waals surface area contributed by atoms with E-state index in [1.54, 1.807) is 26.4 Å². The second kappa shape index (κ2) is 10.1. The van der Waals surface area contributed by atoms with E-state index in [1.807, 2.05) is 25.1 Å². The topological polar surface area (TPSA) is 47.6 Å². The molecule has 2 aromatic rings. The highest BCUT2D eigenvalue weighted by Crippen LogP contribution is 2.31. The summed E-state index contributed by atoms with van der Waals surface area (Å²) in [5, 5.41) is 3.45. The molecule has 1 N–H and O–H groups in total. The minimum absolute atomic E-state index is 0.290. The van der Waals surface area contributed by atoms with Crippen molar-refractivity contribution in [2.24, 2.45) is 0 Å². The molecule has 4 nitrogen and oxygen atoms in total. The lowest BCUT2D eigenvalue weighted by molar-refractivity contribution is -0.105. The molecule has 146 valence electrons. The number of halogens is 2. The quantitative estimate of drug-likeness (QED) is 0.420. The smallest absolute Gasteiger partial charge is 0.129 e. The first-order chi connectivity index (χ1) is 12.9. The maximum Gasteiger partial charge on any atom is 0.129 e. The molecule has 0 spiro atoms. The number of carbonyl (C=O) groups is 1. The number of carbonyl (C=O) groups excluding carboxylic acids is 1. The van der Waals surface area contributed by atoms with E-state index >= 15 is 0 Å². The molecule has 2 rings (SSSR count). The van der Waals surface area contributed by atoms with Gasteiger partial charge in [0.05, 0.1) is 19.8 Å². The van der Waals surface area contributed by atoms with Gasteiger partial charge in [-0.1, -0.05) is 22.0 Å². The lowest BCUT2D eigenvalue weighted by Crippen LogP contribution is -2.42. The summed E-state index contributed by atoms with van der Waals surface area (Å²) in [5.74, 6) is 2.01.